The van der Waals surface area contributed by atoms with Crippen LogP contribution in [0.4, 0.5) is 0 Å². The standard InChI is InChI=1S/C14H20O2.C7H8/c1-13(15)9-5-2-3-8-12-16-14-10-6-4-7-11-14;1-7-5-3-2-4-6-7/h4,6-7,10-11H,2-3,5,8-9,12H2,1H3;2-6H,1H3. The molecule has 2 nitrogen and oxygen atoms in total. The Morgan fingerprint density at radius 3 is 1.91 bits per heavy atom. The first-order valence-corrected chi connectivity index (χ1v) is 8.37. The molecule has 0 aromatic heterocycles. The molecule has 0 aliphatic rings. The SMILES string of the molecule is CC(=O)CCCCCCOc1ccccc1.Cc1ccccc1. The number of hydrogen-bond donors (Lipinski definition) is 0. The fourth-order valence-corrected chi connectivity index (χ4v) is 2.07. The minimum atomic E-state index is 0.292. The van der Waals surface area contributed by atoms with Crippen molar-refractivity contribution in [3.05, 3.63) is 66.2 Å². The van der Waals surface area contributed by atoms with Crippen LogP contribution in [0.1, 0.15) is 44.6 Å². The van der Waals surface area contributed by atoms with Crippen molar-refractivity contribution in [2.24, 2.45) is 0 Å². The number of rotatable bonds is 8. The lowest BCUT2D eigenvalue weighted by Crippen LogP contribution is -1.97. The lowest BCUT2D eigenvalue weighted by molar-refractivity contribution is -0.117. The summed E-state index contributed by atoms with van der Waals surface area (Å²) in [4.78, 5) is 10.7. The van der Waals surface area contributed by atoms with Gasteiger partial charge in [0.05, 0.1) is 6.61 Å². The molecule has 23 heavy (non-hydrogen) atoms. The molecule has 2 aromatic rings. The van der Waals surface area contributed by atoms with Crippen LogP contribution in [0.15, 0.2) is 60.7 Å². The zero-order valence-corrected chi connectivity index (χ0v) is 14.3. The molecule has 0 spiro atoms. The van der Waals surface area contributed by atoms with Gasteiger partial charge in [-0.25, -0.2) is 0 Å². The fourth-order valence-electron chi connectivity index (χ4n) is 2.07. The minimum Gasteiger partial charge on any atom is -0.494 e. The number of hydrogen-bond acceptors (Lipinski definition) is 2. The summed E-state index contributed by atoms with van der Waals surface area (Å²) in [6, 6.07) is 20.1. The smallest absolute Gasteiger partial charge is 0.129 e. The first-order valence-electron chi connectivity index (χ1n) is 8.37. The monoisotopic (exact) mass is 312 g/mol. The van der Waals surface area contributed by atoms with E-state index >= 15 is 0 Å². The normalized spacial score (nSPS) is 9.65. The summed E-state index contributed by atoms with van der Waals surface area (Å²) < 4.78 is 5.57. The van der Waals surface area contributed by atoms with Gasteiger partial charge in [-0.1, -0.05) is 66.9 Å². The number of benzene rings is 2. The molecule has 0 aliphatic carbocycles. The zero-order chi connectivity index (χ0) is 16.8. The summed E-state index contributed by atoms with van der Waals surface area (Å²) in [5, 5.41) is 0. The average Bonchev–Trinajstić information content (AvgIpc) is 2.56. The number of Topliss-reactive ketones (excluding diaryl/α,β-unsaturated/α-hetero) is 1. The van der Waals surface area contributed by atoms with Crippen LogP contribution in [0, 0.1) is 6.92 Å². The molecule has 0 atom stereocenters. The molecule has 0 fully saturated rings. The van der Waals surface area contributed by atoms with Gasteiger partial charge in [0.15, 0.2) is 0 Å². The van der Waals surface area contributed by atoms with Crippen molar-refractivity contribution in [1.82, 2.24) is 0 Å². The molecular weight excluding hydrogens is 284 g/mol. The Bertz CT molecular complexity index is 520. The minimum absolute atomic E-state index is 0.292. The van der Waals surface area contributed by atoms with E-state index in [4.69, 9.17) is 4.74 Å². The maximum absolute atomic E-state index is 10.7. The topological polar surface area (TPSA) is 26.3 Å². The number of carbonyl (C=O) groups excluding carboxylic acids is 1. The van der Waals surface area contributed by atoms with E-state index in [9.17, 15) is 4.79 Å². The van der Waals surface area contributed by atoms with Gasteiger partial charge >= 0.3 is 0 Å². The molecule has 2 rings (SSSR count). The maximum atomic E-state index is 10.7. The summed E-state index contributed by atoms with van der Waals surface area (Å²) in [5.41, 5.74) is 1.32. The van der Waals surface area contributed by atoms with Crippen molar-refractivity contribution >= 4 is 5.78 Å². The molecule has 124 valence electrons. The Morgan fingerprint density at radius 1 is 0.826 bits per heavy atom. The van der Waals surface area contributed by atoms with E-state index in [-0.39, 0.29) is 0 Å². The molecule has 0 unspecified atom stereocenters. The third kappa shape index (κ3) is 11.2. The number of unbranched alkanes of at least 4 members (excludes halogenated alkanes) is 3. The average molecular weight is 312 g/mol. The van der Waals surface area contributed by atoms with Gasteiger partial charge in [0, 0.05) is 6.42 Å². The molecule has 0 radical (unpaired) electrons. The van der Waals surface area contributed by atoms with Gasteiger partial charge in [-0.05, 0) is 38.8 Å². The van der Waals surface area contributed by atoms with E-state index in [0.717, 1.165) is 44.5 Å². The largest absolute Gasteiger partial charge is 0.494 e. The second-order valence-corrected chi connectivity index (χ2v) is 5.68. The Labute approximate surface area is 140 Å². The first kappa shape index (κ1) is 19.0. The van der Waals surface area contributed by atoms with Gasteiger partial charge in [-0.2, -0.15) is 0 Å². The lowest BCUT2D eigenvalue weighted by Gasteiger charge is -2.05. The van der Waals surface area contributed by atoms with Crippen molar-refractivity contribution in [2.45, 2.75) is 46.0 Å². The molecule has 2 aromatic carbocycles. The van der Waals surface area contributed by atoms with Crippen molar-refractivity contribution in [2.75, 3.05) is 6.61 Å². The highest BCUT2D eigenvalue weighted by molar-refractivity contribution is 5.75. The van der Waals surface area contributed by atoms with Crippen molar-refractivity contribution in [1.29, 1.82) is 0 Å². The van der Waals surface area contributed by atoms with E-state index in [0.29, 0.717) is 5.78 Å². The van der Waals surface area contributed by atoms with Crippen molar-refractivity contribution in [3.63, 3.8) is 0 Å². The Kier molecular flexibility index (Phi) is 10.3. The zero-order valence-electron chi connectivity index (χ0n) is 14.3. The molecule has 2 heteroatoms. The molecular formula is C21H28O2. The van der Waals surface area contributed by atoms with Crippen LogP contribution in [0.2, 0.25) is 0 Å². The summed E-state index contributed by atoms with van der Waals surface area (Å²) in [5.74, 6) is 1.23. The van der Waals surface area contributed by atoms with Crippen LogP contribution in [0.25, 0.3) is 0 Å². The number of ether oxygens (including phenoxy) is 1. The van der Waals surface area contributed by atoms with Gasteiger partial charge in [-0.3, -0.25) is 0 Å². The van der Waals surface area contributed by atoms with E-state index in [1.807, 2.05) is 48.5 Å². The second-order valence-electron chi connectivity index (χ2n) is 5.68. The predicted octanol–water partition coefficient (Wildman–Crippen LogP) is 5.60. The van der Waals surface area contributed by atoms with Crippen LogP contribution >= 0.6 is 0 Å². The third-order valence-electron chi connectivity index (χ3n) is 3.38. The summed E-state index contributed by atoms with van der Waals surface area (Å²) in [6.07, 6.45) is 5.06. The van der Waals surface area contributed by atoms with Crippen LogP contribution < -0.4 is 4.74 Å². The highest BCUT2D eigenvalue weighted by Crippen LogP contribution is 2.10. The van der Waals surface area contributed by atoms with Gasteiger partial charge in [0.1, 0.15) is 11.5 Å². The Balaban J connectivity index is 0.000000313. The molecule has 0 N–H and O–H groups in total. The summed E-state index contributed by atoms with van der Waals surface area (Å²) >= 11 is 0. The molecule has 0 heterocycles. The number of para-hydroxylation sites is 1. The van der Waals surface area contributed by atoms with E-state index < -0.39 is 0 Å². The number of carbonyl (C=O) groups is 1. The maximum Gasteiger partial charge on any atom is 0.129 e. The van der Waals surface area contributed by atoms with Crippen molar-refractivity contribution in [3.8, 4) is 5.75 Å². The first-order chi connectivity index (χ1) is 11.2. The van der Waals surface area contributed by atoms with Crippen LogP contribution in [-0.4, -0.2) is 12.4 Å². The molecule has 0 aliphatic heterocycles. The summed E-state index contributed by atoms with van der Waals surface area (Å²) in [6.45, 7) is 4.50. The molecule has 0 saturated heterocycles. The van der Waals surface area contributed by atoms with Crippen LogP contribution in [0.3, 0.4) is 0 Å². The highest BCUT2D eigenvalue weighted by atomic mass is 16.5. The van der Waals surface area contributed by atoms with Crippen molar-refractivity contribution < 1.29 is 9.53 Å². The quantitative estimate of drug-likeness (QED) is 0.593. The third-order valence-corrected chi connectivity index (χ3v) is 3.38. The number of aryl methyl sites for hydroxylation is 1. The fraction of sp³-hybridized carbons (Fsp3) is 0.381. The molecule has 0 saturated carbocycles. The Morgan fingerprint density at radius 2 is 1.39 bits per heavy atom. The molecule has 0 bridgehead atoms. The second kappa shape index (κ2) is 12.5. The van der Waals surface area contributed by atoms with Gasteiger partial charge in [-0.15, -0.1) is 0 Å². The van der Waals surface area contributed by atoms with Gasteiger partial charge in [0.2, 0.25) is 0 Å². The summed E-state index contributed by atoms with van der Waals surface area (Å²) in [7, 11) is 0. The van der Waals surface area contributed by atoms with Crippen LogP contribution in [-0.2, 0) is 4.79 Å². The lowest BCUT2D eigenvalue weighted by atomic mass is 10.1. The van der Waals surface area contributed by atoms with Crippen LogP contribution in [0.5, 0.6) is 5.75 Å². The highest BCUT2D eigenvalue weighted by Gasteiger charge is 1.95. The molecule has 0 amide bonds. The van der Waals surface area contributed by atoms with Gasteiger partial charge in [0.25, 0.3) is 0 Å². The predicted molar refractivity (Wildman–Crippen MR) is 96.9 cm³/mol. The van der Waals surface area contributed by atoms with E-state index in [1.54, 1.807) is 6.92 Å². The Hall–Kier alpha value is -2.09. The van der Waals surface area contributed by atoms with Gasteiger partial charge < -0.3 is 9.53 Å². The van der Waals surface area contributed by atoms with E-state index in [1.165, 1.54) is 5.56 Å². The number of ketones is 1. The van der Waals surface area contributed by atoms with E-state index in [2.05, 4.69) is 19.1 Å².